The van der Waals surface area contributed by atoms with Gasteiger partial charge in [-0.2, -0.15) is 0 Å². The Morgan fingerprint density at radius 3 is 2.50 bits per heavy atom. The van der Waals surface area contributed by atoms with E-state index in [0.29, 0.717) is 5.82 Å². The van der Waals surface area contributed by atoms with Crippen LogP contribution in [0.5, 0.6) is 0 Å². The van der Waals surface area contributed by atoms with Crippen LogP contribution >= 0.6 is 0 Å². The maximum atomic E-state index is 11.3. The minimum Gasteiger partial charge on any atom is -0.391 e. The van der Waals surface area contributed by atoms with Crippen LogP contribution in [0.3, 0.4) is 0 Å². The van der Waals surface area contributed by atoms with Crippen LogP contribution in [-0.2, 0) is 0 Å². The van der Waals surface area contributed by atoms with Crippen LogP contribution < -0.4 is 11.5 Å². The highest BCUT2D eigenvalue weighted by atomic mass is 16.3. The minimum absolute atomic E-state index is 0.0849. The van der Waals surface area contributed by atoms with Crippen molar-refractivity contribution in [2.75, 3.05) is 5.73 Å². The van der Waals surface area contributed by atoms with E-state index in [1.807, 2.05) is 0 Å². The molecule has 1 amide bonds. The fourth-order valence-electron chi connectivity index (χ4n) is 2.53. The lowest BCUT2D eigenvalue weighted by Gasteiger charge is -2.24. The molecule has 0 bridgehead atoms. The molecule has 0 spiro atoms. The Morgan fingerprint density at radius 1 is 1.40 bits per heavy atom. The standard InChI is InChI=1S/C14H26N4O2/c1-4-5-6-7-8-11(9(2)19)18-10(3)17-12(13(18)15)14(16)20/h9,11,19H,4-8,15H2,1-3H3,(H2,16,20). The highest BCUT2D eigenvalue weighted by Crippen LogP contribution is 2.27. The number of hydrogen-bond donors (Lipinski definition) is 3. The Balaban J connectivity index is 2.94. The number of nitrogens with zero attached hydrogens (tertiary/aromatic N) is 2. The van der Waals surface area contributed by atoms with Crippen LogP contribution in [-0.4, -0.2) is 26.7 Å². The summed E-state index contributed by atoms with van der Waals surface area (Å²) < 4.78 is 1.73. The summed E-state index contributed by atoms with van der Waals surface area (Å²) in [5.41, 5.74) is 11.3. The Morgan fingerprint density at radius 2 is 2.05 bits per heavy atom. The van der Waals surface area contributed by atoms with Crippen LogP contribution in [0.2, 0.25) is 0 Å². The van der Waals surface area contributed by atoms with Gasteiger partial charge in [0.15, 0.2) is 5.69 Å². The smallest absolute Gasteiger partial charge is 0.271 e. The average Bonchev–Trinajstić information content (AvgIpc) is 2.66. The quantitative estimate of drug-likeness (QED) is 0.631. The summed E-state index contributed by atoms with van der Waals surface area (Å²) in [5.74, 6) is 0.216. The number of nitrogens with two attached hydrogens (primary N) is 2. The van der Waals surface area contributed by atoms with Crippen molar-refractivity contribution >= 4 is 11.7 Å². The van der Waals surface area contributed by atoms with Gasteiger partial charge in [0.2, 0.25) is 0 Å². The van der Waals surface area contributed by atoms with Gasteiger partial charge in [0.05, 0.1) is 12.1 Å². The summed E-state index contributed by atoms with van der Waals surface area (Å²) in [6.45, 7) is 5.65. The van der Waals surface area contributed by atoms with Crippen molar-refractivity contribution in [1.82, 2.24) is 9.55 Å². The fourth-order valence-corrected chi connectivity index (χ4v) is 2.53. The summed E-state index contributed by atoms with van der Waals surface area (Å²) in [6, 6.07) is -0.174. The lowest BCUT2D eigenvalue weighted by atomic mass is 10.0. The lowest BCUT2D eigenvalue weighted by molar-refractivity contribution is 0.0995. The zero-order valence-corrected chi connectivity index (χ0v) is 12.6. The number of aliphatic hydroxyl groups is 1. The molecule has 20 heavy (non-hydrogen) atoms. The molecule has 1 aromatic rings. The topological polar surface area (TPSA) is 107 Å². The van der Waals surface area contributed by atoms with E-state index in [1.165, 1.54) is 6.42 Å². The zero-order valence-electron chi connectivity index (χ0n) is 12.6. The van der Waals surface area contributed by atoms with Crippen molar-refractivity contribution in [3.8, 4) is 0 Å². The SMILES string of the molecule is CCCCCCC(C(C)O)n1c(C)nc(C(N)=O)c1N. The molecule has 0 saturated heterocycles. The van der Waals surface area contributed by atoms with E-state index in [1.54, 1.807) is 18.4 Å². The second-order valence-electron chi connectivity index (χ2n) is 5.28. The third-order valence-corrected chi connectivity index (χ3v) is 3.60. The third kappa shape index (κ3) is 3.72. The number of aliphatic hydroxyl groups excluding tert-OH is 1. The van der Waals surface area contributed by atoms with Gasteiger partial charge in [0.1, 0.15) is 11.6 Å². The first-order valence-corrected chi connectivity index (χ1v) is 7.22. The maximum absolute atomic E-state index is 11.3. The maximum Gasteiger partial charge on any atom is 0.271 e. The van der Waals surface area contributed by atoms with E-state index in [0.717, 1.165) is 25.7 Å². The summed E-state index contributed by atoms with van der Waals surface area (Å²) in [6.07, 6.45) is 4.71. The molecule has 2 unspecified atom stereocenters. The summed E-state index contributed by atoms with van der Waals surface area (Å²) in [5, 5.41) is 10.00. The van der Waals surface area contributed by atoms with Gasteiger partial charge < -0.3 is 21.1 Å². The molecule has 1 rings (SSSR count). The van der Waals surface area contributed by atoms with Crippen molar-refractivity contribution in [1.29, 1.82) is 0 Å². The van der Waals surface area contributed by atoms with E-state index in [-0.39, 0.29) is 17.6 Å². The van der Waals surface area contributed by atoms with Crippen LogP contribution in [0.1, 0.15) is 68.3 Å². The Bertz CT molecular complexity index is 454. The number of rotatable bonds is 8. The van der Waals surface area contributed by atoms with Gasteiger partial charge in [-0.3, -0.25) is 4.79 Å². The molecule has 6 nitrogen and oxygen atoms in total. The molecular weight excluding hydrogens is 256 g/mol. The molecule has 5 N–H and O–H groups in total. The lowest BCUT2D eigenvalue weighted by Crippen LogP contribution is -2.24. The van der Waals surface area contributed by atoms with Crippen molar-refractivity contribution < 1.29 is 9.90 Å². The first-order valence-electron chi connectivity index (χ1n) is 7.22. The Kier molecular flexibility index (Phi) is 6.01. The highest BCUT2D eigenvalue weighted by molar-refractivity contribution is 5.95. The zero-order chi connectivity index (χ0) is 15.3. The van der Waals surface area contributed by atoms with Crippen molar-refractivity contribution in [2.45, 2.75) is 65.0 Å². The number of nitrogen functional groups attached to an aromatic ring is 1. The van der Waals surface area contributed by atoms with Crippen molar-refractivity contribution in [3.05, 3.63) is 11.5 Å². The van der Waals surface area contributed by atoms with Crippen LogP contribution in [0.25, 0.3) is 0 Å². The van der Waals surface area contributed by atoms with Crippen molar-refractivity contribution in [2.24, 2.45) is 5.73 Å². The number of amides is 1. The minimum atomic E-state index is -0.639. The molecule has 0 aromatic carbocycles. The molecule has 2 atom stereocenters. The van der Waals surface area contributed by atoms with Crippen molar-refractivity contribution in [3.63, 3.8) is 0 Å². The molecule has 0 fully saturated rings. The number of aryl methyl sites for hydroxylation is 1. The third-order valence-electron chi connectivity index (χ3n) is 3.60. The predicted molar refractivity (Wildman–Crippen MR) is 79.4 cm³/mol. The highest BCUT2D eigenvalue weighted by Gasteiger charge is 2.24. The molecular formula is C14H26N4O2. The predicted octanol–water partition coefficient (Wildman–Crippen LogP) is 1.76. The van der Waals surface area contributed by atoms with Gasteiger partial charge in [-0.25, -0.2) is 4.98 Å². The fraction of sp³-hybridized carbons (Fsp3) is 0.714. The van der Waals surface area contributed by atoms with Gasteiger partial charge >= 0.3 is 0 Å². The normalized spacial score (nSPS) is 14.2. The molecule has 114 valence electrons. The molecule has 0 aliphatic rings. The first-order chi connectivity index (χ1) is 9.40. The molecule has 0 radical (unpaired) electrons. The van der Waals surface area contributed by atoms with Gasteiger partial charge in [0, 0.05) is 0 Å². The van der Waals surface area contributed by atoms with E-state index >= 15 is 0 Å². The van der Waals surface area contributed by atoms with E-state index < -0.39 is 12.0 Å². The average molecular weight is 282 g/mol. The number of anilines is 1. The number of imidazole rings is 1. The molecule has 1 heterocycles. The van der Waals surface area contributed by atoms with E-state index in [2.05, 4.69) is 11.9 Å². The number of unbranched alkanes of at least 4 members (excludes halogenated alkanes) is 3. The van der Waals surface area contributed by atoms with Gasteiger partial charge in [-0.05, 0) is 20.3 Å². The summed E-state index contributed by atoms with van der Waals surface area (Å²) >= 11 is 0. The Labute approximate surface area is 120 Å². The van der Waals surface area contributed by atoms with Crippen LogP contribution in [0.4, 0.5) is 5.82 Å². The molecule has 0 aliphatic carbocycles. The number of aromatic nitrogens is 2. The van der Waals surface area contributed by atoms with E-state index in [4.69, 9.17) is 11.5 Å². The summed E-state index contributed by atoms with van der Waals surface area (Å²) in [7, 11) is 0. The van der Waals surface area contributed by atoms with Crippen LogP contribution in [0.15, 0.2) is 0 Å². The van der Waals surface area contributed by atoms with Gasteiger partial charge in [0.25, 0.3) is 5.91 Å². The Hall–Kier alpha value is -1.56. The largest absolute Gasteiger partial charge is 0.391 e. The number of hydrogen-bond acceptors (Lipinski definition) is 4. The monoisotopic (exact) mass is 282 g/mol. The molecule has 1 aromatic heterocycles. The molecule has 0 saturated carbocycles. The molecule has 0 aliphatic heterocycles. The second-order valence-corrected chi connectivity index (χ2v) is 5.28. The second kappa shape index (κ2) is 7.28. The number of primary amides is 1. The number of carbonyl (C=O) groups excluding carboxylic acids is 1. The summed E-state index contributed by atoms with van der Waals surface area (Å²) in [4.78, 5) is 15.4. The van der Waals surface area contributed by atoms with E-state index in [9.17, 15) is 9.90 Å². The number of carbonyl (C=O) groups is 1. The molecule has 6 heteroatoms. The van der Waals surface area contributed by atoms with Gasteiger partial charge in [-0.15, -0.1) is 0 Å². The van der Waals surface area contributed by atoms with Crippen LogP contribution in [0, 0.1) is 6.92 Å². The first kappa shape index (κ1) is 16.5. The van der Waals surface area contributed by atoms with Gasteiger partial charge in [-0.1, -0.05) is 32.6 Å².